The van der Waals surface area contributed by atoms with Crippen LogP contribution in [-0.4, -0.2) is 54.1 Å². The summed E-state index contributed by atoms with van der Waals surface area (Å²) in [4.78, 5) is 40.9. The lowest BCUT2D eigenvalue weighted by Crippen LogP contribution is -2.44. The maximum atomic E-state index is 13.1. The topological polar surface area (TPSA) is 152 Å². The molecule has 3 N–H and O–H groups in total. The average molecular weight is 518 g/mol. The van der Waals surface area contributed by atoms with Gasteiger partial charge in [-0.05, 0) is 52.4 Å². The monoisotopic (exact) mass is 517 g/mol. The number of carboxylic acids is 1. The van der Waals surface area contributed by atoms with Gasteiger partial charge >= 0.3 is 5.97 Å². The molecule has 11 nitrogen and oxygen atoms in total. The SMILES string of the molecule is O=C(C=Cc1cc(Cl)ccc1-n1cnnn1)N[C@@H](Cc1ccccc1)C(=O)Nc1ccc(C(=O)O)cn1. The van der Waals surface area contributed by atoms with Gasteiger partial charge in [0.05, 0.1) is 11.3 Å². The molecule has 0 aliphatic carbocycles. The number of anilines is 1. The Morgan fingerprint density at radius 2 is 1.89 bits per heavy atom. The molecule has 186 valence electrons. The van der Waals surface area contributed by atoms with E-state index in [0.717, 1.165) is 11.8 Å². The van der Waals surface area contributed by atoms with Crippen LogP contribution in [0.2, 0.25) is 5.02 Å². The number of aromatic nitrogens is 5. The van der Waals surface area contributed by atoms with Crippen LogP contribution in [0.1, 0.15) is 21.5 Å². The number of halogens is 1. The van der Waals surface area contributed by atoms with Crippen molar-refractivity contribution in [3.05, 3.63) is 101 Å². The molecular weight excluding hydrogens is 498 g/mol. The van der Waals surface area contributed by atoms with Crippen LogP contribution < -0.4 is 10.6 Å². The highest BCUT2D eigenvalue weighted by Gasteiger charge is 2.21. The van der Waals surface area contributed by atoms with Gasteiger partial charge in [0.1, 0.15) is 18.2 Å². The molecule has 0 saturated heterocycles. The highest BCUT2D eigenvalue weighted by Crippen LogP contribution is 2.20. The van der Waals surface area contributed by atoms with Gasteiger partial charge in [-0.2, -0.15) is 4.68 Å². The highest BCUT2D eigenvalue weighted by molar-refractivity contribution is 6.30. The molecule has 0 bridgehead atoms. The lowest BCUT2D eigenvalue weighted by Gasteiger charge is -2.18. The van der Waals surface area contributed by atoms with E-state index < -0.39 is 23.8 Å². The summed E-state index contributed by atoms with van der Waals surface area (Å²) < 4.78 is 1.43. The number of carbonyl (C=O) groups excluding carboxylic acids is 2. The maximum absolute atomic E-state index is 13.1. The molecule has 2 aromatic heterocycles. The largest absolute Gasteiger partial charge is 0.478 e. The third kappa shape index (κ3) is 6.83. The number of nitrogens with one attached hydrogen (secondary N) is 2. The normalized spacial score (nSPS) is 11.7. The smallest absolute Gasteiger partial charge is 0.337 e. The van der Waals surface area contributed by atoms with E-state index in [1.165, 1.54) is 29.2 Å². The molecule has 0 spiro atoms. The molecular formula is C25H20ClN7O4. The van der Waals surface area contributed by atoms with E-state index in [-0.39, 0.29) is 17.8 Å². The first-order valence-electron chi connectivity index (χ1n) is 10.9. The van der Waals surface area contributed by atoms with Gasteiger partial charge in [0.25, 0.3) is 0 Å². The van der Waals surface area contributed by atoms with Crippen LogP contribution in [0.3, 0.4) is 0 Å². The summed E-state index contributed by atoms with van der Waals surface area (Å²) in [6.07, 6.45) is 5.59. The molecule has 37 heavy (non-hydrogen) atoms. The summed E-state index contributed by atoms with van der Waals surface area (Å²) >= 11 is 6.13. The van der Waals surface area contributed by atoms with Crippen LogP contribution in [-0.2, 0) is 16.0 Å². The summed E-state index contributed by atoms with van der Waals surface area (Å²) in [7, 11) is 0. The van der Waals surface area contributed by atoms with Crippen LogP contribution in [0.25, 0.3) is 11.8 Å². The van der Waals surface area contributed by atoms with Crippen molar-refractivity contribution in [2.45, 2.75) is 12.5 Å². The highest BCUT2D eigenvalue weighted by atomic mass is 35.5. The number of tetrazole rings is 1. The minimum Gasteiger partial charge on any atom is -0.478 e. The first kappa shape index (κ1) is 25.2. The zero-order valence-corrected chi connectivity index (χ0v) is 19.9. The fourth-order valence-corrected chi connectivity index (χ4v) is 3.57. The number of hydrogen-bond donors (Lipinski definition) is 3. The second-order valence-corrected chi connectivity index (χ2v) is 8.20. The van der Waals surface area contributed by atoms with Crippen molar-refractivity contribution in [3.63, 3.8) is 0 Å². The number of carbonyl (C=O) groups is 3. The van der Waals surface area contributed by atoms with E-state index in [1.54, 1.807) is 24.3 Å². The van der Waals surface area contributed by atoms with Crippen molar-refractivity contribution in [2.24, 2.45) is 0 Å². The van der Waals surface area contributed by atoms with Crippen molar-refractivity contribution < 1.29 is 19.5 Å². The van der Waals surface area contributed by atoms with Crippen LogP contribution in [0, 0.1) is 0 Å². The van der Waals surface area contributed by atoms with Crippen molar-refractivity contribution in [1.82, 2.24) is 30.5 Å². The van der Waals surface area contributed by atoms with E-state index in [9.17, 15) is 14.4 Å². The third-order valence-electron chi connectivity index (χ3n) is 5.18. The van der Waals surface area contributed by atoms with E-state index in [4.69, 9.17) is 16.7 Å². The second kappa shape index (κ2) is 11.7. The number of amides is 2. The van der Waals surface area contributed by atoms with E-state index in [1.807, 2.05) is 30.3 Å². The van der Waals surface area contributed by atoms with E-state index in [0.29, 0.717) is 16.3 Å². The van der Waals surface area contributed by atoms with Gasteiger partial charge in [-0.25, -0.2) is 9.78 Å². The number of pyridine rings is 1. The van der Waals surface area contributed by atoms with Crippen molar-refractivity contribution in [2.75, 3.05) is 5.32 Å². The Morgan fingerprint density at radius 3 is 2.57 bits per heavy atom. The Kier molecular flexibility index (Phi) is 7.96. The maximum Gasteiger partial charge on any atom is 0.337 e. The minimum atomic E-state index is -1.13. The predicted molar refractivity (Wildman–Crippen MR) is 135 cm³/mol. The van der Waals surface area contributed by atoms with Gasteiger partial charge in [0, 0.05) is 29.3 Å². The summed E-state index contributed by atoms with van der Waals surface area (Å²) in [5.41, 5.74) is 2.01. The van der Waals surface area contributed by atoms with Crippen LogP contribution in [0.4, 0.5) is 5.82 Å². The number of hydrogen-bond acceptors (Lipinski definition) is 7. The number of carboxylic acid groups (broad SMARTS) is 1. The Morgan fingerprint density at radius 1 is 1.08 bits per heavy atom. The molecule has 2 aromatic carbocycles. The van der Waals surface area contributed by atoms with Crippen LogP contribution in [0.15, 0.2) is 79.3 Å². The standard InChI is InChI=1S/C25H20ClN7O4/c26-19-8-9-21(33-15-28-31-32-33)17(13-19)7-11-23(34)29-20(12-16-4-2-1-3-5-16)24(35)30-22-10-6-18(14-27-22)25(36)37/h1-11,13-15,20H,12H2,(H,29,34)(H,36,37)(H,27,30,35)/t20-/m0/s1. The number of rotatable bonds is 9. The fraction of sp³-hybridized carbons (Fsp3) is 0.0800. The molecule has 0 saturated carbocycles. The molecule has 4 aromatic rings. The van der Waals surface area contributed by atoms with Gasteiger partial charge < -0.3 is 15.7 Å². The Bertz CT molecular complexity index is 1430. The third-order valence-corrected chi connectivity index (χ3v) is 5.41. The van der Waals surface area contributed by atoms with Crippen molar-refractivity contribution in [3.8, 4) is 5.69 Å². The predicted octanol–water partition coefficient (Wildman–Crippen LogP) is 2.79. The average Bonchev–Trinajstić information content (AvgIpc) is 3.43. The number of aromatic carboxylic acids is 1. The van der Waals surface area contributed by atoms with Crippen LogP contribution >= 0.6 is 11.6 Å². The van der Waals surface area contributed by atoms with Gasteiger partial charge in [-0.15, -0.1) is 5.10 Å². The minimum absolute atomic E-state index is 0.0145. The van der Waals surface area contributed by atoms with Crippen molar-refractivity contribution >= 4 is 41.3 Å². The first-order valence-corrected chi connectivity index (χ1v) is 11.3. The molecule has 0 aliphatic heterocycles. The van der Waals surface area contributed by atoms with Gasteiger partial charge in [0.2, 0.25) is 11.8 Å². The fourth-order valence-electron chi connectivity index (χ4n) is 3.39. The Hall–Kier alpha value is -4.90. The Balaban J connectivity index is 1.51. The lowest BCUT2D eigenvalue weighted by molar-refractivity contribution is -0.123. The number of benzene rings is 2. The zero-order chi connectivity index (χ0) is 26.2. The molecule has 0 aliphatic rings. The molecule has 1 atom stereocenters. The summed E-state index contributed by atoms with van der Waals surface area (Å²) in [5, 5.41) is 25.9. The molecule has 0 radical (unpaired) electrons. The lowest BCUT2D eigenvalue weighted by atomic mass is 10.0. The Labute approximate surface area is 215 Å². The van der Waals surface area contributed by atoms with Gasteiger partial charge in [-0.3, -0.25) is 9.59 Å². The van der Waals surface area contributed by atoms with Gasteiger partial charge in [-0.1, -0.05) is 41.9 Å². The molecule has 4 rings (SSSR count). The molecule has 0 fully saturated rings. The summed E-state index contributed by atoms with van der Waals surface area (Å²) in [6.45, 7) is 0. The molecule has 0 unspecified atom stereocenters. The second-order valence-electron chi connectivity index (χ2n) is 7.77. The van der Waals surface area contributed by atoms with E-state index >= 15 is 0 Å². The number of nitrogens with zero attached hydrogens (tertiary/aromatic N) is 5. The molecule has 12 heteroatoms. The van der Waals surface area contributed by atoms with Crippen LogP contribution in [0.5, 0.6) is 0 Å². The van der Waals surface area contributed by atoms with E-state index in [2.05, 4.69) is 31.1 Å². The summed E-state index contributed by atoms with van der Waals surface area (Å²) in [5.74, 6) is -2.01. The summed E-state index contributed by atoms with van der Waals surface area (Å²) in [6, 6.07) is 16.0. The van der Waals surface area contributed by atoms with Crippen molar-refractivity contribution in [1.29, 1.82) is 0 Å². The quantitative estimate of drug-likeness (QED) is 0.286. The van der Waals surface area contributed by atoms with Gasteiger partial charge in [0.15, 0.2) is 0 Å². The molecule has 2 amide bonds. The molecule has 2 heterocycles. The first-order chi connectivity index (χ1) is 17.9. The zero-order valence-electron chi connectivity index (χ0n) is 19.2.